The Hall–Kier alpha value is -2.60. The number of fused-ring (bicyclic) bond motifs is 1. The van der Waals surface area contributed by atoms with Crippen molar-refractivity contribution in [1.82, 2.24) is 19.0 Å². The Morgan fingerprint density at radius 3 is 2.57 bits per heavy atom. The van der Waals surface area contributed by atoms with Crippen LogP contribution in [-0.4, -0.2) is 33.1 Å². The van der Waals surface area contributed by atoms with Crippen molar-refractivity contribution in [3.8, 4) is 0 Å². The van der Waals surface area contributed by atoms with Gasteiger partial charge in [-0.1, -0.05) is 30.3 Å². The van der Waals surface area contributed by atoms with Crippen LogP contribution < -0.4 is 11.3 Å². The van der Waals surface area contributed by atoms with E-state index in [0.29, 0.717) is 24.1 Å². The highest BCUT2D eigenvalue weighted by Crippen LogP contribution is 2.20. The summed E-state index contributed by atoms with van der Waals surface area (Å²) in [4.78, 5) is 19.1. The van der Waals surface area contributed by atoms with Crippen molar-refractivity contribution in [3.05, 3.63) is 58.0 Å². The molecular formula is C17H21N5O. The third kappa shape index (κ3) is 2.85. The number of nitrogens with two attached hydrogens (primary N) is 1. The van der Waals surface area contributed by atoms with Crippen LogP contribution in [0, 0.1) is 0 Å². The minimum atomic E-state index is -0.101. The molecule has 0 unspecified atom stereocenters. The number of benzene rings is 1. The van der Waals surface area contributed by atoms with E-state index < -0.39 is 0 Å². The molecule has 0 aliphatic rings. The molecule has 23 heavy (non-hydrogen) atoms. The Morgan fingerprint density at radius 1 is 1.22 bits per heavy atom. The number of hydrogen-bond acceptors (Lipinski definition) is 4. The van der Waals surface area contributed by atoms with Gasteiger partial charge in [0, 0.05) is 26.3 Å². The Kier molecular flexibility index (Phi) is 3.92. The molecule has 0 fully saturated rings. The van der Waals surface area contributed by atoms with E-state index >= 15 is 0 Å². The largest absolute Gasteiger partial charge is 0.369 e. The van der Waals surface area contributed by atoms with E-state index in [2.05, 4.69) is 17.1 Å². The van der Waals surface area contributed by atoms with Gasteiger partial charge < -0.3 is 15.2 Å². The number of nitrogens with zero attached hydrogens (tertiary/aromatic N) is 4. The number of hydrogen-bond donors (Lipinski definition) is 1. The minimum absolute atomic E-state index is 0.101. The first-order valence-corrected chi connectivity index (χ1v) is 7.50. The van der Waals surface area contributed by atoms with E-state index in [-0.39, 0.29) is 11.5 Å². The topological polar surface area (TPSA) is 69.1 Å². The van der Waals surface area contributed by atoms with Gasteiger partial charge in [0.2, 0.25) is 5.95 Å². The monoisotopic (exact) mass is 311 g/mol. The molecule has 0 spiro atoms. The van der Waals surface area contributed by atoms with Crippen molar-refractivity contribution >= 4 is 17.0 Å². The Morgan fingerprint density at radius 2 is 1.91 bits per heavy atom. The summed E-state index contributed by atoms with van der Waals surface area (Å²) >= 11 is 0. The van der Waals surface area contributed by atoms with Crippen molar-refractivity contribution in [2.24, 2.45) is 7.05 Å². The van der Waals surface area contributed by atoms with Crippen LogP contribution in [-0.2, 0) is 20.1 Å². The lowest BCUT2D eigenvalue weighted by Crippen LogP contribution is -2.23. The van der Waals surface area contributed by atoms with Gasteiger partial charge in [0.25, 0.3) is 5.56 Å². The molecule has 0 radical (unpaired) electrons. The SMILES string of the molecule is CN(C)Cc1cn(Cc2ccccc2)c2nc(N)n(C)c(=O)c12. The maximum absolute atomic E-state index is 12.6. The maximum Gasteiger partial charge on any atom is 0.264 e. The number of rotatable bonds is 4. The van der Waals surface area contributed by atoms with Gasteiger partial charge in [0.05, 0.1) is 5.39 Å². The van der Waals surface area contributed by atoms with Gasteiger partial charge in [-0.25, -0.2) is 0 Å². The van der Waals surface area contributed by atoms with Crippen molar-refractivity contribution in [2.45, 2.75) is 13.1 Å². The third-order valence-corrected chi connectivity index (χ3v) is 3.89. The highest BCUT2D eigenvalue weighted by molar-refractivity contribution is 5.80. The Balaban J connectivity index is 2.20. The molecule has 6 nitrogen and oxygen atoms in total. The van der Waals surface area contributed by atoms with E-state index in [4.69, 9.17) is 5.73 Å². The van der Waals surface area contributed by atoms with Crippen molar-refractivity contribution in [2.75, 3.05) is 19.8 Å². The van der Waals surface area contributed by atoms with E-state index in [1.807, 2.05) is 48.0 Å². The van der Waals surface area contributed by atoms with Crippen molar-refractivity contribution in [3.63, 3.8) is 0 Å². The molecule has 3 rings (SSSR count). The molecule has 2 N–H and O–H groups in total. The second-order valence-electron chi connectivity index (χ2n) is 6.04. The molecule has 0 amide bonds. The van der Waals surface area contributed by atoms with Crippen LogP contribution in [0.1, 0.15) is 11.1 Å². The van der Waals surface area contributed by atoms with Crippen LogP contribution in [0.25, 0.3) is 11.0 Å². The van der Waals surface area contributed by atoms with Crippen LogP contribution in [0.3, 0.4) is 0 Å². The molecule has 2 aromatic heterocycles. The summed E-state index contributed by atoms with van der Waals surface area (Å²) in [5.74, 6) is 0.228. The third-order valence-electron chi connectivity index (χ3n) is 3.89. The Bertz CT molecular complexity index is 893. The number of aromatic nitrogens is 3. The normalized spacial score (nSPS) is 11.5. The first kappa shape index (κ1) is 15.3. The van der Waals surface area contributed by atoms with E-state index in [0.717, 1.165) is 11.1 Å². The summed E-state index contributed by atoms with van der Waals surface area (Å²) in [6.45, 7) is 1.34. The van der Waals surface area contributed by atoms with Gasteiger partial charge in [0.1, 0.15) is 5.65 Å². The maximum atomic E-state index is 12.6. The van der Waals surface area contributed by atoms with Crippen LogP contribution in [0.2, 0.25) is 0 Å². The minimum Gasteiger partial charge on any atom is -0.369 e. The molecule has 0 saturated carbocycles. The molecule has 3 aromatic rings. The van der Waals surface area contributed by atoms with Gasteiger partial charge in [0.15, 0.2) is 0 Å². The second-order valence-corrected chi connectivity index (χ2v) is 6.04. The first-order chi connectivity index (χ1) is 11.0. The summed E-state index contributed by atoms with van der Waals surface area (Å²) in [7, 11) is 5.61. The molecule has 2 heterocycles. The van der Waals surface area contributed by atoms with E-state index in [9.17, 15) is 4.79 Å². The summed E-state index contributed by atoms with van der Waals surface area (Å²) in [5.41, 5.74) is 8.55. The van der Waals surface area contributed by atoms with Gasteiger partial charge >= 0.3 is 0 Å². The van der Waals surface area contributed by atoms with E-state index in [1.165, 1.54) is 4.57 Å². The number of nitrogen functional groups attached to an aromatic ring is 1. The molecule has 0 saturated heterocycles. The predicted octanol–water partition coefficient (Wildman–Crippen LogP) is 1.43. The summed E-state index contributed by atoms with van der Waals surface area (Å²) < 4.78 is 3.40. The summed E-state index contributed by atoms with van der Waals surface area (Å²) in [5, 5.41) is 0.645. The molecular weight excluding hydrogens is 290 g/mol. The fourth-order valence-electron chi connectivity index (χ4n) is 2.77. The second kappa shape index (κ2) is 5.89. The lowest BCUT2D eigenvalue weighted by atomic mass is 10.2. The van der Waals surface area contributed by atoms with Crippen LogP contribution in [0.5, 0.6) is 0 Å². The predicted molar refractivity (Wildman–Crippen MR) is 92.3 cm³/mol. The Labute approximate surface area is 134 Å². The fourth-order valence-corrected chi connectivity index (χ4v) is 2.77. The molecule has 0 aliphatic carbocycles. The van der Waals surface area contributed by atoms with Crippen LogP contribution >= 0.6 is 0 Å². The molecule has 1 aromatic carbocycles. The van der Waals surface area contributed by atoms with Crippen molar-refractivity contribution < 1.29 is 0 Å². The first-order valence-electron chi connectivity index (χ1n) is 7.50. The highest BCUT2D eigenvalue weighted by atomic mass is 16.1. The van der Waals surface area contributed by atoms with Gasteiger partial charge in [-0.05, 0) is 25.2 Å². The zero-order valence-electron chi connectivity index (χ0n) is 13.7. The molecule has 0 atom stereocenters. The average molecular weight is 311 g/mol. The lowest BCUT2D eigenvalue weighted by Gasteiger charge is -2.08. The summed E-state index contributed by atoms with van der Waals surface area (Å²) in [6, 6.07) is 10.1. The quantitative estimate of drug-likeness (QED) is 0.791. The fraction of sp³-hybridized carbons (Fsp3) is 0.294. The van der Waals surface area contributed by atoms with E-state index in [1.54, 1.807) is 7.05 Å². The zero-order chi connectivity index (χ0) is 16.6. The molecule has 0 aliphatic heterocycles. The lowest BCUT2D eigenvalue weighted by molar-refractivity contribution is 0.403. The smallest absolute Gasteiger partial charge is 0.264 e. The van der Waals surface area contributed by atoms with Crippen molar-refractivity contribution in [1.29, 1.82) is 0 Å². The molecule has 120 valence electrons. The van der Waals surface area contributed by atoms with Gasteiger partial charge in [-0.3, -0.25) is 9.36 Å². The van der Waals surface area contributed by atoms with Gasteiger partial charge in [-0.2, -0.15) is 4.98 Å². The standard InChI is InChI=1S/C17H21N5O/c1-20(2)10-13-11-22(9-12-7-5-4-6-8-12)15-14(13)16(23)21(3)17(18)19-15/h4-8,11H,9-10H2,1-3H3,(H2,18,19). The average Bonchev–Trinajstić information content (AvgIpc) is 2.82. The molecule has 0 bridgehead atoms. The van der Waals surface area contributed by atoms with Crippen LogP contribution in [0.15, 0.2) is 41.3 Å². The summed E-state index contributed by atoms with van der Waals surface area (Å²) in [6.07, 6.45) is 2.01. The molecule has 6 heteroatoms. The van der Waals surface area contributed by atoms with Gasteiger partial charge in [-0.15, -0.1) is 0 Å². The van der Waals surface area contributed by atoms with Crippen LogP contribution in [0.4, 0.5) is 5.95 Å². The highest BCUT2D eigenvalue weighted by Gasteiger charge is 2.16. The zero-order valence-corrected chi connectivity index (χ0v) is 13.7. The number of anilines is 1.